The molecule has 0 saturated carbocycles. The molecule has 5 aromatic rings. The van der Waals surface area contributed by atoms with Gasteiger partial charge in [-0.15, -0.1) is 0 Å². The second kappa shape index (κ2) is 8.31. The lowest BCUT2D eigenvalue weighted by atomic mass is 10.0. The number of aromatic carboxylic acids is 1. The van der Waals surface area contributed by atoms with Crippen molar-refractivity contribution < 1.29 is 19.0 Å². The molecule has 0 bridgehead atoms. The van der Waals surface area contributed by atoms with Gasteiger partial charge in [-0.25, -0.2) is 19.2 Å². The molecular formula is C25H21FN6O4. The molecule has 0 amide bonds. The van der Waals surface area contributed by atoms with Crippen molar-refractivity contribution in [2.45, 2.75) is 0 Å². The van der Waals surface area contributed by atoms with Crippen LogP contribution < -0.4 is 15.8 Å². The van der Waals surface area contributed by atoms with Crippen molar-refractivity contribution in [1.29, 1.82) is 0 Å². The minimum Gasteiger partial charge on any atom is -0.477 e. The maximum absolute atomic E-state index is 14.6. The number of fused-ring (bicyclic) bond motifs is 4. The van der Waals surface area contributed by atoms with E-state index in [0.29, 0.717) is 54.2 Å². The summed E-state index contributed by atoms with van der Waals surface area (Å²) in [5.41, 5.74) is 3.37. The Labute approximate surface area is 203 Å². The molecule has 1 aliphatic heterocycles. The number of pyridine rings is 2. The Morgan fingerprint density at radius 2 is 2.00 bits per heavy atom. The van der Waals surface area contributed by atoms with E-state index in [1.54, 1.807) is 25.5 Å². The van der Waals surface area contributed by atoms with Gasteiger partial charge < -0.3 is 25.0 Å². The van der Waals surface area contributed by atoms with Crippen LogP contribution in [0, 0.1) is 5.82 Å². The number of nitrogens with zero attached hydrogens (tertiary/aromatic N) is 4. The molecule has 0 unspecified atom stereocenters. The lowest BCUT2D eigenvalue weighted by Gasteiger charge is -2.31. The molecule has 1 aliphatic rings. The summed E-state index contributed by atoms with van der Waals surface area (Å²) in [6, 6.07) is 6.38. The van der Waals surface area contributed by atoms with E-state index >= 15 is 0 Å². The van der Waals surface area contributed by atoms with Crippen molar-refractivity contribution >= 4 is 44.9 Å². The Morgan fingerprint density at radius 1 is 1.19 bits per heavy atom. The Morgan fingerprint density at radius 3 is 2.75 bits per heavy atom. The summed E-state index contributed by atoms with van der Waals surface area (Å²) in [6.07, 6.45) is 4.34. The minimum atomic E-state index is -1.34. The molecule has 5 heterocycles. The fourth-order valence-corrected chi connectivity index (χ4v) is 4.81. The Bertz CT molecular complexity index is 1740. The Hall–Kier alpha value is -4.51. The molecular weight excluding hydrogens is 467 g/mol. The van der Waals surface area contributed by atoms with Crippen molar-refractivity contribution in [3.8, 4) is 11.1 Å². The molecule has 0 aliphatic carbocycles. The normalized spacial score (nSPS) is 14.1. The van der Waals surface area contributed by atoms with E-state index in [9.17, 15) is 19.1 Å². The molecule has 6 rings (SSSR count). The first kappa shape index (κ1) is 22.0. The van der Waals surface area contributed by atoms with E-state index in [1.165, 1.54) is 16.5 Å². The van der Waals surface area contributed by atoms with Gasteiger partial charge in [0.15, 0.2) is 0 Å². The second-order valence-corrected chi connectivity index (χ2v) is 8.52. The molecule has 11 heteroatoms. The van der Waals surface area contributed by atoms with E-state index in [1.807, 2.05) is 6.07 Å². The number of aromatic nitrogens is 4. The number of anilines is 2. The highest BCUT2D eigenvalue weighted by atomic mass is 19.1. The van der Waals surface area contributed by atoms with E-state index in [2.05, 4.69) is 25.2 Å². The third-order valence-corrected chi connectivity index (χ3v) is 6.51. The van der Waals surface area contributed by atoms with Crippen LogP contribution in [0.4, 0.5) is 15.8 Å². The third kappa shape index (κ3) is 3.35. The van der Waals surface area contributed by atoms with Crippen LogP contribution in [0.1, 0.15) is 10.4 Å². The van der Waals surface area contributed by atoms with Crippen LogP contribution in [0.5, 0.6) is 0 Å². The van der Waals surface area contributed by atoms with E-state index in [-0.39, 0.29) is 5.82 Å². The fourth-order valence-electron chi connectivity index (χ4n) is 4.81. The van der Waals surface area contributed by atoms with Crippen LogP contribution in [-0.4, -0.2) is 63.8 Å². The van der Waals surface area contributed by atoms with E-state index in [4.69, 9.17) is 4.74 Å². The molecule has 4 aromatic heterocycles. The highest BCUT2D eigenvalue weighted by Crippen LogP contribution is 2.42. The van der Waals surface area contributed by atoms with E-state index in [0.717, 1.165) is 28.4 Å². The van der Waals surface area contributed by atoms with Crippen LogP contribution in [-0.2, 0) is 4.74 Å². The van der Waals surface area contributed by atoms with Gasteiger partial charge in [-0.1, -0.05) is 0 Å². The fraction of sp³-hybridized carbons (Fsp3) is 0.200. The smallest absolute Gasteiger partial charge is 0.342 e. The van der Waals surface area contributed by atoms with Gasteiger partial charge in [0.05, 0.1) is 35.5 Å². The number of carbonyl (C=O) groups is 1. The predicted molar refractivity (Wildman–Crippen MR) is 134 cm³/mol. The second-order valence-electron chi connectivity index (χ2n) is 8.52. The van der Waals surface area contributed by atoms with Gasteiger partial charge in [-0.05, 0) is 24.3 Å². The average Bonchev–Trinajstić information content (AvgIpc) is 3.26. The molecule has 36 heavy (non-hydrogen) atoms. The summed E-state index contributed by atoms with van der Waals surface area (Å²) in [7, 11) is 1.73. The molecule has 0 radical (unpaired) electrons. The quantitative estimate of drug-likeness (QED) is 0.353. The topological polar surface area (TPSA) is 125 Å². The molecule has 10 nitrogen and oxygen atoms in total. The largest absolute Gasteiger partial charge is 0.477 e. The minimum absolute atomic E-state index is 0.323. The van der Waals surface area contributed by atoms with Crippen LogP contribution >= 0.6 is 0 Å². The molecule has 0 spiro atoms. The van der Waals surface area contributed by atoms with Crippen molar-refractivity contribution in [2.24, 2.45) is 0 Å². The predicted octanol–water partition coefficient (Wildman–Crippen LogP) is 3.11. The number of hydrogen-bond donors (Lipinski definition) is 3. The molecule has 1 fully saturated rings. The highest BCUT2D eigenvalue weighted by Gasteiger charge is 2.24. The van der Waals surface area contributed by atoms with E-state index < -0.39 is 17.1 Å². The number of halogens is 1. The van der Waals surface area contributed by atoms with Crippen molar-refractivity contribution in [3.05, 3.63) is 64.6 Å². The molecule has 1 aromatic carbocycles. The maximum Gasteiger partial charge on any atom is 0.342 e. The summed E-state index contributed by atoms with van der Waals surface area (Å²) < 4.78 is 21.4. The molecule has 182 valence electrons. The third-order valence-electron chi connectivity index (χ3n) is 6.51. The summed E-state index contributed by atoms with van der Waals surface area (Å²) in [5, 5.41) is 13.8. The molecule has 1 saturated heterocycles. The monoisotopic (exact) mass is 488 g/mol. The summed E-state index contributed by atoms with van der Waals surface area (Å²) in [4.78, 5) is 38.5. The number of ether oxygens (including phenoxy) is 1. The molecule has 0 atom stereocenters. The zero-order valence-electron chi connectivity index (χ0n) is 19.2. The van der Waals surface area contributed by atoms with Gasteiger partial charge in [-0.3, -0.25) is 9.20 Å². The maximum atomic E-state index is 14.6. The SMILES string of the molecule is CNc1cc(F)cc2c1[nH]c1ncc(-c3ccc4ncc(C(=O)O)c(=O)n4c3)c(N3CCOCC3)c12. The van der Waals surface area contributed by atoms with Gasteiger partial charge in [0.1, 0.15) is 22.7 Å². The zero-order chi connectivity index (χ0) is 25.0. The lowest BCUT2D eigenvalue weighted by Crippen LogP contribution is -2.36. The first-order chi connectivity index (χ1) is 17.5. The van der Waals surface area contributed by atoms with Gasteiger partial charge in [-0.2, -0.15) is 0 Å². The number of benzene rings is 1. The number of morpholine rings is 1. The summed E-state index contributed by atoms with van der Waals surface area (Å²) in [6.45, 7) is 2.30. The zero-order valence-corrected chi connectivity index (χ0v) is 19.2. The number of hydrogen-bond acceptors (Lipinski definition) is 7. The van der Waals surface area contributed by atoms with Gasteiger partial charge in [0.2, 0.25) is 0 Å². The van der Waals surface area contributed by atoms with Crippen LogP contribution in [0.25, 0.3) is 38.7 Å². The lowest BCUT2D eigenvalue weighted by molar-refractivity contribution is 0.0694. The van der Waals surface area contributed by atoms with Crippen LogP contribution in [0.15, 0.2) is 47.7 Å². The standard InChI is InChI=1S/C25H21FN6O4/c1-27-18-9-14(26)8-15-20-22(31-4-6-36-7-5-31)16(10-29-23(20)30-21(15)18)13-2-3-19-28-11-17(25(34)35)24(33)32(19)12-13/h2-3,8-12,27H,4-7H2,1H3,(H,29,30)(H,34,35). The number of H-pyrrole nitrogens is 1. The number of rotatable bonds is 4. The number of carboxylic acids is 1. The first-order valence-electron chi connectivity index (χ1n) is 11.4. The number of nitrogens with one attached hydrogen (secondary N) is 2. The Balaban J connectivity index is 1.68. The van der Waals surface area contributed by atoms with Gasteiger partial charge in [0.25, 0.3) is 5.56 Å². The first-order valence-corrected chi connectivity index (χ1v) is 11.4. The van der Waals surface area contributed by atoms with Crippen molar-refractivity contribution in [3.63, 3.8) is 0 Å². The number of aromatic amines is 1. The van der Waals surface area contributed by atoms with Crippen LogP contribution in [0.3, 0.4) is 0 Å². The van der Waals surface area contributed by atoms with Crippen molar-refractivity contribution in [1.82, 2.24) is 19.4 Å². The molecule has 3 N–H and O–H groups in total. The summed E-state index contributed by atoms with van der Waals surface area (Å²) >= 11 is 0. The van der Waals surface area contributed by atoms with Gasteiger partial charge in [0, 0.05) is 55.2 Å². The highest BCUT2D eigenvalue weighted by molar-refractivity contribution is 6.17. The summed E-state index contributed by atoms with van der Waals surface area (Å²) in [5.74, 6) is -1.72. The number of carboxylic acid groups (broad SMARTS) is 1. The van der Waals surface area contributed by atoms with Crippen LogP contribution in [0.2, 0.25) is 0 Å². The Kier molecular flexibility index (Phi) is 5.07. The average molecular weight is 488 g/mol. The van der Waals surface area contributed by atoms with Crippen molar-refractivity contribution in [2.75, 3.05) is 43.6 Å². The van der Waals surface area contributed by atoms with Gasteiger partial charge >= 0.3 is 5.97 Å².